The van der Waals surface area contributed by atoms with Gasteiger partial charge in [0.25, 0.3) is 0 Å². The Morgan fingerprint density at radius 1 is 0.966 bits per heavy atom. The highest BCUT2D eigenvalue weighted by Gasteiger charge is 2.50. The number of nitrogens with zero attached hydrogens (tertiary/aromatic N) is 1. The van der Waals surface area contributed by atoms with Crippen molar-refractivity contribution < 1.29 is 29.3 Å². The number of ether oxygens (including phenoxy) is 1. The molecule has 1 heterocycles. The number of likely N-dealkylation sites (tertiary alicyclic amines) is 1. The Morgan fingerprint density at radius 2 is 1.52 bits per heavy atom. The zero-order valence-electron chi connectivity index (χ0n) is 15.7. The number of carbonyl (C=O) groups is 3. The van der Waals surface area contributed by atoms with Crippen molar-refractivity contribution in [2.24, 2.45) is 5.41 Å². The number of amides is 1. The lowest BCUT2D eigenvalue weighted by Crippen LogP contribution is -2.54. The molecule has 1 fully saturated rings. The number of carbonyl (C=O) groups excluding carboxylic acids is 1. The van der Waals surface area contributed by atoms with E-state index in [0.717, 1.165) is 22.3 Å². The minimum absolute atomic E-state index is 0.00910. The first-order valence-electron chi connectivity index (χ1n) is 9.51. The van der Waals surface area contributed by atoms with E-state index >= 15 is 0 Å². The van der Waals surface area contributed by atoms with Crippen LogP contribution in [-0.4, -0.2) is 52.8 Å². The number of hydrogen-bond donors (Lipinski definition) is 2. The number of carboxylic acid groups (broad SMARTS) is 2. The highest BCUT2D eigenvalue weighted by molar-refractivity contribution is 5.99. The van der Waals surface area contributed by atoms with E-state index in [2.05, 4.69) is 0 Å². The summed E-state index contributed by atoms with van der Waals surface area (Å²) < 4.78 is 5.53. The molecule has 1 aliphatic heterocycles. The van der Waals surface area contributed by atoms with Gasteiger partial charge in [-0.3, -0.25) is 9.59 Å². The maximum atomic E-state index is 12.6. The molecule has 2 aromatic rings. The largest absolute Gasteiger partial charge is 0.480 e. The molecule has 1 amide bonds. The van der Waals surface area contributed by atoms with Gasteiger partial charge in [-0.1, -0.05) is 48.5 Å². The first-order chi connectivity index (χ1) is 13.9. The van der Waals surface area contributed by atoms with Crippen molar-refractivity contribution in [2.75, 3.05) is 19.7 Å². The number of fused-ring (bicyclic) bond motifs is 3. The second-order valence-electron chi connectivity index (χ2n) is 7.52. The van der Waals surface area contributed by atoms with Gasteiger partial charge in [-0.15, -0.1) is 0 Å². The van der Waals surface area contributed by atoms with Gasteiger partial charge in [0.05, 0.1) is 6.54 Å². The summed E-state index contributed by atoms with van der Waals surface area (Å²) in [5, 5.41) is 18.8. The van der Waals surface area contributed by atoms with Crippen molar-refractivity contribution in [3.05, 3.63) is 59.7 Å². The molecule has 0 atom stereocenters. The number of rotatable bonds is 4. The van der Waals surface area contributed by atoms with Gasteiger partial charge in [0, 0.05) is 12.5 Å². The van der Waals surface area contributed by atoms with E-state index in [1.807, 2.05) is 48.5 Å². The van der Waals surface area contributed by atoms with Gasteiger partial charge >= 0.3 is 18.0 Å². The SMILES string of the molecule is O=C(OCC1c2ccccc2-c2ccccc21)N1CCCC(C(=O)O)(C(=O)O)C1. The van der Waals surface area contributed by atoms with E-state index in [0.29, 0.717) is 6.42 Å². The van der Waals surface area contributed by atoms with Crippen LogP contribution in [0.15, 0.2) is 48.5 Å². The Balaban J connectivity index is 1.50. The van der Waals surface area contributed by atoms with Crippen LogP contribution in [0, 0.1) is 5.41 Å². The molecule has 4 rings (SSSR count). The molecule has 150 valence electrons. The van der Waals surface area contributed by atoms with Crippen LogP contribution >= 0.6 is 0 Å². The van der Waals surface area contributed by atoms with E-state index in [1.54, 1.807) is 0 Å². The molecule has 2 N–H and O–H groups in total. The summed E-state index contributed by atoms with van der Waals surface area (Å²) in [6.07, 6.45) is -0.397. The second-order valence-corrected chi connectivity index (χ2v) is 7.52. The highest BCUT2D eigenvalue weighted by Crippen LogP contribution is 2.44. The normalized spacial score (nSPS) is 17.3. The maximum absolute atomic E-state index is 12.6. The molecule has 29 heavy (non-hydrogen) atoms. The maximum Gasteiger partial charge on any atom is 0.409 e. The monoisotopic (exact) mass is 395 g/mol. The van der Waals surface area contributed by atoms with Gasteiger partial charge in [-0.25, -0.2) is 4.79 Å². The fourth-order valence-electron chi connectivity index (χ4n) is 4.34. The molecular formula is C22H21NO6. The molecule has 1 saturated heterocycles. The lowest BCUT2D eigenvalue weighted by atomic mass is 9.80. The molecule has 0 saturated carbocycles. The number of aliphatic carboxylic acids is 2. The van der Waals surface area contributed by atoms with E-state index < -0.39 is 30.0 Å². The molecule has 0 radical (unpaired) electrons. The summed E-state index contributed by atoms with van der Waals surface area (Å²) in [4.78, 5) is 37.0. The molecule has 0 bridgehead atoms. The van der Waals surface area contributed by atoms with E-state index in [9.17, 15) is 24.6 Å². The predicted octanol–water partition coefficient (Wildman–Crippen LogP) is 3.19. The highest BCUT2D eigenvalue weighted by atomic mass is 16.6. The van der Waals surface area contributed by atoms with Crippen molar-refractivity contribution in [2.45, 2.75) is 18.8 Å². The minimum atomic E-state index is -1.98. The van der Waals surface area contributed by atoms with Crippen molar-refractivity contribution in [3.8, 4) is 11.1 Å². The summed E-state index contributed by atoms with van der Waals surface area (Å²) in [7, 11) is 0. The zero-order chi connectivity index (χ0) is 20.6. The Hall–Kier alpha value is -3.35. The fourth-order valence-corrected chi connectivity index (χ4v) is 4.34. The van der Waals surface area contributed by atoms with Crippen LogP contribution in [0.2, 0.25) is 0 Å². The van der Waals surface area contributed by atoms with E-state index in [1.165, 1.54) is 4.90 Å². The molecule has 0 aromatic heterocycles. The van der Waals surface area contributed by atoms with Crippen LogP contribution in [0.4, 0.5) is 4.79 Å². The summed E-state index contributed by atoms with van der Waals surface area (Å²) in [6, 6.07) is 15.9. The summed E-state index contributed by atoms with van der Waals surface area (Å²) in [6.45, 7) is -0.0101. The lowest BCUT2D eigenvalue weighted by molar-refractivity contribution is -0.168. The first kappa shape index (κ1) is 19.0. The summed E-state index contributed by atoms with van der Waals surface area (Å²) in [5.41, 5.74) is 2.39. The Kier molecular flexibility index (Phi) is 4.74. The van der Waals surface area contributed by atoms with Crippen LogP contribution in [0.3, 0.4) is 0 Å². The van der Waals surface area contributed by atoms with Crippen molar-refractivity contribution in [1.29, 1.82) is 0 Å². The third-order valence-electron chi connectivity index (χ3n) is 5.91. The third-order valence-corrected chi connectivity index (χ3v) is 5.91. The van der Waals surface area contributed by atoms with Gasteiger partial charge in [0.2, 0.25) is 0 Å². The Bertz CT molecular complexity index is 925. The minimum Gasteiger partial charge on any atom is -0.480 e. The molecule has 0 spiro atoms. The van der Waals surface area contributed by atoms with Crippen LogP contribution in [0.25, 0.3) is 11.1 Å². The van der Waals surface area contributed by atoms with E-state index in [-0.39, 0.29) is 25.5 Å². The first-order valence-corrected chi connectivity index (χ1v) is 9.51. The quantitative estimate of drug-likeness (QED) is 0.771. The van der Waals surface area contributed by atoms with Crippen LogP contribution in [-0.2, 0) is 14.3 Å². The average Bonchev–Trinajstić information content (AvgIpc) is 3.05. The smallest absolute Gasteiger partial charge is 0.409 e. The Morgan fingerprint density at radius 3 is 2.07 bits per heavy atom. The average molecular weight is 395 g/mol. The molecule has 1 aliphatic carbocycles. The van der Waals surface area contributed by atoms with Crippen LogP contribution < -0.4 is 0 Å². The molecule has 0 unspecified atom stereocenters. The van der Waals surface area contributed by atoms with Gasteiger partial charge in [-0.2, -0.15) is 0 Å². The van der Waals surface area contributed by atoms with Gasteiger partial charge < -0.3 is 19.8 Å². The topological polar surface area (TPSA) is 104 Å². The van der Waals surface area contributed by atoms with Crippen LogP contribution in [0.5, 0.6) is 0 Å². The van der Waals surface area contributed by atoms with Crippen LogP contribution in [0.1, 0.15) is 29.9 Å². The predicted molar refractivity (Wildman–Crippen MR) is 104 cm³/mol. The third kappa shape index (κ3) is 3.12. The van der Waals surface area contributed by atoms with Gasteiger partial charge in [0.15, 0.2) is 5.41 Å². The summed E-state index contributed by atoms with van der Waals surface area (Å²) in [5.74, 6) is -2.97. The van der Waals surface area contributed by atoms with Crippen molar-refractivity contribution in [3.63, 3.8) is 0 Å². The summed E-state index contributed by atoms with van der Waals surface area (Å²) >= 11 is 0. The molecular weight excluding hydrogens is 374 g/mol. The fraction of sp³-hybridized carbons (Fsp3) is 0.318. The number of carboxylic acids is 2. The van der Waals surface area contributed by atoms with E-state index in [4.69, 9.17) is 4.74 Å². The lowest BCUT2D eigenvalue weighted by Gasteiger charge is -2.36. The molecule has 2 aromatic carbocycles. The number of piperidine rings is 1. The molecule has 7 heteroatoms. The zero-order valence-corrected chi connectivity index (χ0v) is 15.7. The van der Waals surface area contributed by atoms with Crippen molar-refractivity contribution >= 4 is 18.0 Å². The standard InChI is InChI=1S/C22H21NO6/c24-19(25)22(20(26)27)10-5-11-23(13-22)21(28)29-12-18-16-8-3-1-6-14(16)15-7-2-4-9-17(15)18/h1-4,6-9,18H,5,10-13H2,(H,24,25)(H,26,27). The van der Waals surface area contributed by atoms with Crippen molar-refractivity contribution in [1.82, 2.24) is 4.90 Å². The van der Waals surface area contributed by atoms with Gasteiger partial charge in [-0.05, 0) is 35.1 Å². The molecule has 7 nitrogen and oxygen atoms in total. The number of hydrogen-bond acceptors (Lipinski definition) is 4. The molecule has 2 aliphatic rings. The Labute approximate surface area is 167 Å². The second kappa shape index (κ2) is 7.24. The number of benzene rings is 2. The van der Waals surface area contributed by atoms with Gasteiger partial charge in [0.1, 0.15) is 6.61 Å².